The predicted molar refractivity (Wildman–Crippen MR) is 137 cm³/mol. The summed E-state index contributed by atoms with van der Waals surface area (Å²) in [5.41, 5.74) is 5.22. The molecule has 4 aromatic rings. The van der Waals surface area contributed by atoms with E-state index in [0.29, 0.717) is 11.1 Å². The Balaban J connectivity index is 0.00000306. The van der Waals surface area contributed by atoms with Crippen molar-refractivity contribution in [3.05, 3.63) is 60.0 Å². The van der Waals surface area contributed by atoms with Gasteiger partial charge in [-0.3, -0.25) is 9.67 Å². The van der Waals surface area contributed by atoms with Gasteiger partial charge in [-0.05, 0) is 30.3 Å². The van der Waals surface area contributed by atoms with Crippen molar-refractivity contribution in [3.8, 4) is 17.0 Å². The Bertz CT molecular complexity index is 1230. The molecule has 0 bridgehead atoms. The van der Waals surface area contributed by atoms with E-state index < -0.39 is 0 Å². The number of fused-ring (bicyclic) bond motifs is 1. The van der Waals surface area contributed by atoms with Gasteiger partial charge in [0.1, 0.15) is 5.75 Å². The van der Waals surface area contributed by atoms with Crippen LogP contribution in [0.25, 0.3) is 22.3 Å². The molecule has 33 heavy (non-hydrogen) atoms. The van der Waals surface area contributed by atoms with Crippen molar-refractivity contribution < 1.29 is 4.74 Å². The largest absolute Gasteiger partial charge is 0.497 e. The number of ether oxygens (including phenoxy) is 1. The summed E-state index contributed by atoms with van der Waals surface area (Å²) in [6, 6.07) is 12.2. The Morgan fingerprint density at radius 1 is 1.12 bits per heavy atom. The number of methoxy groups -OCH3 is 1. The molecule has 9 heteroatoms. The lowest BCUT2D eigenvalue weighted by Crippen LogP contribution is -2.32. The van der Waals surface area contributed by atoms with Crippen LogP contribution in [-0.2, 0) is 7.05 Å². The number of nitrogens with zero attached hydrogens (tertiary/aromatic N) is 5. The van der Waals surface area contributed by atoms with Crippen LogP contribution in [0.3, 0.4) is 0 Å². The molecule has 2 aromatic carbocycles. The molecule has 0 unspecified atom stereocenters. The van der Waals surface area contributed by atoms with Crippen LogP contribution in [0.4, 0.5) is 11.4 Å². The summed E-state index contributed by atoms with van der Waals surface area (Å²) in [6.45, 7) is 5.79. The minimum absolute atomic E-state index is 0. The summed E-state index contributed by atoms with van der Waals surface area (Å²) < 4.78 is 7.20. The number of benzene rings is 2. The molecule has 174 valence electrons. The molecule has 2 aromatic heterocycles. The van der Waals surface area contributed by atoms with Gasteiger partial charge in [-0.25, -0.2) is 4.98 Å². The minimum Gasteiger partial charge on any atom is -0.497 e. The van der Waals surface area contributed by atoms with Crippen LogP contribution >= 0.6 is 24.0 Å². The standard InChI is InChI=1S/C24H27ClN6O.ClH/c1-16(2)26-9-10-31(24-12-19(32-4)6-7-20(24)25)18-5-8-21-22(11-18)29-23(14-27-21)17-13-28-30(3)15-17;/h5-8,11-16,26H,9-10H2,1-4H3;1H. The highest BCUT2D eigenvalue weighted by Crippen LogP contribution is 2.35. The Morgan fingerprint density at radius 3 is 2.64 bits per heavy atom. The molecule has 7 nitrogen and oxygen atoms in total. The summed E-state index contributed by atoms with van der Waals surface area (Å²) in [5, 5.41) is 8.38. The number of aromatic nitrogens is 4. The summed E-state index contributed by atoms with van der Waals surface area (Å²) >= 11 is 6.61. The highest BCUT2D eigenvalue weighted by molar-refractivity contribution is 6.33. The average Bonchev–Trinajstić information content (AvgIpc) is 3.23. The van der Waals surface area contributed by atoms with Gasteiger partial charge in [0.05, 0.1) is 46.9 Å². The van der Waals surface area contributed by atoms with E-state index in [1.165, 1.54) is 0 Å². The fourth-order valence-corrected chi connectivity index (χ4v) is 3.76. The van der Waals surface area contributed by atoms with Crippen LogP contribution < -0.4 is 15.0 Å². The first-order chi connectivity index (χ1) is 15.4. The van der Waals surface area contributed by atoms with Gasteiger partial charge in [0, 0.05) is 49.7 Å². The fourth-order valence-electron chi connectivity index (χ4n) is 3.54. The molecule has 0 amide bonds. The monoisotopic (exact) mass is 486 g/mol. The summed E-state index contributed by atoms with van der Waals surface area (Å²) in [5.74, 6) is 0.755. The Labute approximate surface area is 205 Å². The molecule has 0 saturated carbocycles. The van der Waals surface area contributed by atoms with Gasteiger partial charge in [0.25, 0.3) is 0 Å². The number of halogens is 2. The Morgan fingerprint density at radius 2 is 1.94 bits per heavy atom. The van der Waals surface area contributed by atoms with Crippen LogP contribution in [0.5, 0.6) is 5.75 Å². The minimum atomic E-state index is 0. The summed E-state index contributed by atoms with van der Waals surface area (Å²) in [7, 11) is 3.54. The first-order valence-electron chi connectivity index (χ1n) is 10.5. The van der Waals surface area contributed by atoms with Crippen molar-refractivity contribution in [2.45, 2.75) is 19.9 Å². The predicted octanol–water partition coefficient (Wildman–Crippen LogP) is 5.25. The van der Waals surface area contributed by atoms with Crippen LogP contribution in [0, 0.1) is 0 Å². The van der Waals surface area contributed by atoms with E-state index in [0.717, 1.165) is 52.5 Å². The van der Waals surface area contributed by atoms with Gasteiger partial charge in [-0.1, -0.05) is 25.4 Å². The highest BCUT2D eigenvalue weighted by Gasteiger charge is 2.16. The van der Waals surface area contributed by atoms with Crippen LogP contribution in [0.1, 0.15) is 13.8 Å². The topological polar surface area (TPSA) is 68.1 Å². The molecule has 0 fully saturated rings. The number of rotatable bonds is 8. The fraction of sp³-hybridized carbons (Fsp3) is 0.292. The quantitative estimate of drug-likeness (QED) is 0.366. The SMILES string of the molecule is COc1ccc(Cl)c(N(CCNC(C)C)c2ccc3ncc(-c4cnn(C)c4)nc3c2)c1.Cl. The first kappa shape index (κ1) is 24.8. The molecule has 1 N–H and O–H groups in total. The zero-order valence-electron chi connectivity index (χ0n) is 19.1. The average molecular weight is 487 g/mol. The lowest BCUT2D eigenvalue weighted by Gasteiger charge is -2.27. The second kappa shape index (κ2) is 10.8. The van der Waals surface area contributed by atoms with Crippen molar-refractivity contribution in [3.63, 3.8) is 0 Å². The zero-order valence-corrected chi connectivity index (χ0v) is 20.7. The maximum absolute atomic E-state index is 6.61. The third kappa shape index (κ3) is 5.74. The molecule has 4 rings (SSSR count). The maximum atomic E-state index is 6.61. The second-order valence-electron chi connectivity index (χ2n) is 7.91. The number of hydrogen-bond donors (Lipinski definition) is 1. The van der Waals surface area contributed by atoms with Crippen molar-refractivity contribution in [1.29, 1.82) is 0 Å². The van der Waals surface area contributed by atoms with Crippen LogP contribution in [0.15, 0.2) is 55.0 Å². The number of hydrogen-bond acceptors (Lipinski definition) is 6. The molecular weight excluding hydrogens is 459 g/mol. The smallest absolute Gasteiger partial charge is 0.121 e. The Kier molecular flexibility index (Phi) is 8.13. The molecule has 0 radical (unpaired) electrons. The third-order valence-corrected chi connectivity index (χ3v) is 5.49. The number of anilines is 2. The second-order valence-corrected chi connectivity index (χ2v) is 8.32. The van der Waals surface area contributed by atoms with E-state index in [9.17, 15) is 0 Å². The van der Waals surface area contributed by atoms with E-state index in [2.05, 4.69) is 34.1 Å². The van der Waals surface area contributed by atoms with E-state index in [4.69, 9.17) is 21.3 Å². The van der Waals surface area contributed by atoms with Gasteiger partial charge >= 0.3 is 0 Å². The van der Waals surface area contributed by atoms with E-state index in [1.807, 2.05) is 49.6 Å². The molecule has 0 spiro atoms. The van der Waals surface area contributed by atoms with Crippen molar-refractivity contribution in [2.75, 3.05) is 25.1 Å². The lowest BCUT2D eigenvalue weighted by molar-refractivity contribution is 0.415. The molecule has 0 aliphatic carbocycles. The number of aryl methyl sites for hydroxylation is 1. The Hall–Kier alpha value is -2.87. The molecular formula is C24H28Cl2N6O. The summed E-state index contributed by atoms with van der Waals surface area (Å²) in [6.07, 6.45) is 5.50. The van der Waals surface area contributed by atoms with Crippen molar-refractivity contribution in [1.82, 2.24) is 25.1 Å². The van der Waals surface area contributed by atoms with E-state index >= 15 is 0 Å². The van der Waals surface area contributed by atoms with Gasteiger partial charge in [0.15, 0.2) is 0 Å². The zero-order chi connectivity index (χ0) is 22.7. The molecule has 0 aliphatic rings. The van der Waals surface area contributed by atoms with Gasteiger partial charge in [-0.15, -0.1) is 12.4 Å². The van der Waals surface area contributed by atoms with E-state index in [1.54, 1.807) is 24.2 Å². The molecule has 0 atom stereocenters. The van der Waals surface area contributed by atoms with Gasteiger partial charge in [0.2, 0.25) is 0 Å². The third-order valence-electron chi connectivity index (χ3n) is 5.17. The number of nitrogens with one attached hydrogen (secondary N) is 1. The van der Waals surface area contributed by atoms with Crippen LogP contribution in [0.2, 0.25) is 5.02 Å². The molecule has 0 saturated heterocycles. The first-order valence-corrected chi connectivity index (χ1v) is 10.9. The van der Waals surface area contributed by atoms with Crippen molar-refractivity contribution in [2.24, 2.45) is 7.05 Å². The van der Waals surface area contributed by atoms with Crippen molar-refractivity contribution >= 4 is 46.4 Å². The molecule has 2 heterocycles. The maximum Gasteiger partial charge on any atom is 0.121 e. The normalized spacial score (nSPS) is 11.0. The lowest BCUT2D eigenvalue weighted by atomic mass is 10.2. The summed E-state index contributed by atoms with van der Waals surface area (Å²) in [4.78, 5) is 11.6. The van der Waals surface area contributed by atoms with Gasteiger partial charge < -0.3 is 15.0 Å². The van der Waals surface area contributed by atoms with Crippen LogP contribution in [-0.4, -0.2) is 46.0 Å². The van der Waals surface area contributed by atoms with Gasteiger partial charge in [-0.2, -0.15) is 5.10 Å². The molecule has 0 aliphatic heterocycles. The van der Waals surface area contributed by atoms with E-state index in [-0.39, 0.29) is 12.4 Å². The highest BCUT2D eigenvalue weighted by atomic mass is 35.5.